The zero-order chi connectivity index (χ0) is 8.55. The zero-order valence-corrected chi connectivity index (χ0v) is 9.61. The van der Waals surface area contributed by atoms with Crippen molar-refractivity contribution < 1.29 is 4.74 Å². The van der Waals surface area contributed by atoms with Gasteiger partial charge in [0.25, 0.3) is 0 Å². The molecule has 0 amide bonds. The Hall–Kier alpha value is -0.450. The van der Waals surface area contributed by atoms with Crippen molar-refractivity contribution >= 4 is 30.5 Å². The summed E-state index contributed by atoms with van der Waals surface area (Å²) in [5.41, 5.74) is 7.50. The minimum atomic E-state index is 0. The molecule has 2 rings (SSSR count). The molecule has 1 aromatic rings. The second-order valence-electron chi connectivity index (χ2n) is 3.15. The van der Waals surface area contributed by atoms with Crippen LogP contribution < -0.4 is 5.73 Å². The predicted molar refractivity (Wildman–Crippen MR) is 60.3 cm³/mol. The highest BCUT2D eigenvalue weighted by Gasteiger charge is 2.19. The van der Waals surface area contributed by atoms with Crippen molar-refractivity contribution in [2.75, 3.05) is 18.9 Å². The SMILES string of the molecule is Cc1c(N)cnn1[C@@H]1CCOC1.Cl.Cl. The number of nitrogen functional groups attached to an aromatic ring is 1. The van der Waals surface area contributed by atoms with Crippen molar-refractivity contribution in [3.63, 3.8) is 0 Å². The Balaban J connectivity index is 0.000000845. The molecule has 4 nitrogen and oxygen atoms in total. The second kappa shape index (κ2) is 5.44. The molecule has 14 heavy (non-hydrogen) atoms. The van der Waals surface area contributed by atoms with Crippen LogP contribution in [0.1, 0.15) is 18.2 Å². The van der Waals surface area contributed by atoms with Gasteiger partial charge in [-0.25, -0.2) is 0 Å². The third kappa shape index (κ3) is 2.32. The second-order valence-corrected chi connectivity index (χ2v) is 3.15. The minimum Gasteiger partial charge on any atom is -0.396 e. The van der Waals surface area contributed by atoms with Gasteiger partial charge in [-0.15, -0.1) is 24.8 Å². The van der Waals surface area contributed by atoms with Gasteiger partial charge in [0, 0.05) is 6.61 Å². The van der Waals surface area contributed by atoms with E-state index in [0.717, 1.165) is 31.0 Å². The van der Waals surface area contributed by atoms with Crippen LogP contribution in [0.15, 0.2) is 6.20 Å². The lowest BCUT2D eigenvalue weighted by atomic mass is 10.2. The van der Waals surface area contributed by atoms with Crippen molar-refractivity contribution in [3.8, 4) is 0 Å². The molecule has 0 aliphatic carbocycles. The van der Waals surface area contributed by atoms with Crippen LogP contribution in [-0.4, -0.2) is 23.0 Å². The van der Waals surface area contributed by atoms with Crippen LogP contribution >= 0.6 is 24.8 Å². The largest absolute Gasteiger partial charge is 0.396 e. The number of anilines is 1. The Kier molecular flexibility index (Phi) is 5.26. The summed E-state index contributed by atoms with van der Waals surface area (Å²) in [6.07, 6.45) is 2.75. The van der Waals surface area contributed by atoms with Gasteiger partial charge < -0.3 is 10.5 Å². The highest BCUT2D eigenvalue weighted by molar-refractivity contribution is 5.85. The summed E-state index contributed by atoms with van der Waals surface area (Å²) in [4.78, 5) is 0. The lowest BCUT2D eigenvalue weighted by Crippen LogP contribution is -2.11. The Morgan fingerprint density at radius 2 is 2.29 bits per heavy atom. The van der Waals surface area contributed by atoms with Gasteiger partial charge in [-0.2, -0.15) is 5.10 Å². The normalized spacial score (nSPS) is 19.9. The summed E-state index contributed by atoms with van der Waals surface area (Å²) in [5.74, 6) is 0. The molecule has 2 heterocycles. The quantitative estimate of drug-likeness (QED) is 0.810. The average molecular weight is 240 g/mol. The molecular formula is C8H15Cl2N3O. The van der Waals surface area contributed by atoms with E-state index >= 15 is 0 Å². The van der Waals surface area contributed by atoms with Crippen LogP contribution in [0.3, 0.4) is 0 Å². The van der Waals surface area contributed by atoms with E-state index in [2.05, 4.69) is 5.10 Å². The Morgan fingerprint density at radius 1 is 1.57 bits per heavy atom. The molecule has 0 spiro atoms. The Morgan fingerprint density at radius 3 is 2.71 bits per heavy atom. The zero-order valence-electron chi connectivity index (χ0n) is 7.97. The van der Waals surface area contributed by atoms with Gasteiger partial charge in [0.1, 0.15) is 0 Å². The number of halogens is 2. The fraction of sp³-hybridized carbons (Fsp3) is 0.625. The van der Waals surface area contributed by atoms with Crippen LogP contribution in [0.5, 0.6) is 0 Å². The van der Waals surface area contributed by atoms with E-state index in [-0.39, 0.29) is 24.8 Å². The molecule has 1 aliphatic heterocycles. The highest BCUT2D eigenvalue weighted by Crippen LogP contribution is 2.21. The molecule has 0 bridgehead atoms. The van der Waals surface area contributed by atoms with Gasteiger partial charge in [0.2, 0.25) is 0 Å². The maximum Gasteiger partial charge on any atom is 0.0778 e. The van der Waals surface area contributed by atoms with Crippen LogP contribution in [0.25, 0.3) is 0 Å². The van der Waals surface area contributed by atoms with Crippen molar-refractivity contribution in [2.24, 2.45) is 0 Å². The predicted octanol–water partition coefficient (Wildman–Crippen LogP) is 1.58. The van der Waals surface area contributed by atoms with Gasteiger partial charge in [0.05, 0.1) is 30.2 Å². The maximum atomic E-state index is 5.68. The molecule has 2 N–H and O–H groups in total. The topological polar surface area (TPSA) is 53.1 Å². The molecule has 6 heteroatoms. The standard InChI is InChI=1S/C8H13N3O.2ClH/c1-6-8(9)4-10-11(6)7-2-3-12-5-7;;/h4,7H,2-3,5,9H2,1H3;2*1H/t7-;;/m1../s1. The first-order valence-electron chi connectivity index (χ1n) is 4.16. The van der Waals surface area contributed by atoms with Gasteiger partial charge in [-0.05, 0) is 13.3 Å². The molecule has 1 atom stereocenters. The molecule has 82 valence electrons. The minimum absolute atomic E-state index is 0. The molecule has 1 aromatic heterocycles. The van der Waals surface area contributed by atoms with Crippen LogP contribution in [-0.2, 0) is 4.74 Å². The van der Waals surface area contributed by atoms with Gasteiger partial charge in [0.15, 0.2) is 0 Å². The van der Waals surface area contributed by atoms with Crippen molar-refractivity contribution in [1.82, 2.24) is 9.78 Å². The van der Waals surface area contributed by atoms with Gasteiger partial charge in [-0.1, -0.05) is 0 Å². The van der Waals surface area contributed by atoms with Crippen LogP contribution in [0.4, 0.5) is 5.69 Å². The summed E-state index contributed by atoms with van der Waals surface area (Å²) < 4.78 is 7.23. The van der Waals surface area contributed by atoms with E-state index in [4.69, 9.17) is 10.5 Å². The number of hydrogen-bond acceptors (Lipinski definition) is 3. The first kappa shape index (κ1) is 13.5. The van der Waals surface area contributed by atoms with E-state index in [0.29, 0.717) is 6.04 Å². The van der Waals surface area contributed by atoms with Gasteiger partial charge in [-0.3, -0.25) is 4.68 Å². The molecule has 0 aromatic carbocycles. The smallest absolute Gasteiger partial charge is 0.0778 e. The Labute approximate surface area is 95.6 Å². The summed E-state index contributed by atoms with van der Waals surface area (Å²) in [7, 11) is 0. The third-order valence-electron chi connectivity index (χ3n) is 2.33. The summed E-state index contributed by atoms with van der Waals surface area (Å²) >= 11 is 0. The summed E-state index contributed by atoms with van der Waals surface area (Å²) in [6.45, 7) is 3.59. The average Bonchev–Trinajstić information content (AvgIpc) is 2.64. The monoisotopic (exact) mass is 239 g/mol. The van der Waals surface area contributed by atoms with Crippen molar-refractivity contribution in [3.05, 3.63) is 11.9 Å². The van der Waals surface area contributed by atoms with E-state index in [9.17, 15) is 0 Å². The van der Waals surface area contributed by atoms with E-state index in [1.807, 2.05) is 11.6 Å². The fourth-order valence-corrected chi connectivity index (χ4v) is 1.52. The molecule has 0 unspecified atom stereocenters. The number of aromatic nitrogens is 2. The van der Waals surface area contributed by atoms with Crippen molar-refractivity contribution in [2.45, 2.75) is 19.4 Å². The van der Waals surface area contributed by atoms with Gasteiger partial charge >= 0.3 is 0 Å². The number of ether oxygens (including phenoxy) is 1. The highest BCUT2D eigenvalue weighted by atomic mass is 35.5. The third-order valence-corrected chi connectivity index (χ3v) is 2.33. The fourth-order valence-electron chi connectivity index (χ4n) is 1.52. The molecule has 1 saturated heterocycles. The number of nitrogens with two attached hydrogens (primary N) is 1. The van der Waals surface area contributed by atoms with E-state index in [1.165, 1.54) is 0 Å². The first-order valence-corrected chi connectivity index (χ1v) is 4.16. The van der Waals surface area contributed by atoms with E-state index in [1.54, 1.807) is 6.20 Å². The lowest BCUT2D eigenvalue weighted by Gasteiger charge is -2.10. The molecular weight excluding hydrogens is 225 g/mol. The molecule has 0 saturated carbocycles. The molecule has 1 fully saturated rings. The summed E-state index contributed by atoms with van der Waals surface area (Å²) in [5, 5.41) is 4.21. The maximum absolute atomic E-state index is 5.68. The number of rotatable bonds is 1. The molecule has 1 aliphatic rings. The van der Waals surface area contributed by atoms with Crippen LogP contribution in [0.2, 0.25) is 0 Å². The lowest BCUT2D eigenvalue weighted by molar-refractivity contribution is 0.184. The number of hydrogen-bond donors (Lipinski definition) is 1. The summed E-state index contributed by atoms with van der Waals surface area (Å²) in [6, 6.07) is 0.391. The van der Waals surface area contributed by atoms with Crippen molar-refractivity contribution in [1.29, 1.82) is 0 Å². The first-order chi connectivity index (χ1) is 5.79. The molecule has 0 radical (unpaired) electrons. The Bertz CT molecular complexity index is 284. The number of nitrogens with zero attached hydrogens (tertiary/aromatic N) is 2. The van der Waals surface area contributed by atoms with Crippen LogP contribution in [0, 0.1) is 6.92 Å². The van der Waals surface area contributed by atoms with E-state index < -0.39 is 0 Å².